The van der Waals surface area contributed by atoms with Crippen molar-refractivity contribution in [2.24, 2.45) is 0 Å². The molecule has 2 aromatic heterocycles. The smallest absolute Gasteiger partial charge is 0.227 e. The van der Waals surface area contributed by atoms with Crippen LogP contribution in [-0.2, 0) is 6.42 Å². The number of nitrogens with zero attached hydrogens (tertiary/aromatic N) is 3. The van der Waals surface area contributed by atoms with Gasteiger partial charge in [0.15, 0.2) is 0 Å². The molecule has 0 aliphatic carbocycles. The fourth-order valence-electron chi connectivity index (χ4n) is 1.93. The van der Waals surface area contributed by atoms with E-state index in [1.165, 1.54) is 8.66 Å². The second-order valence-corrected chi connectivity index (χ2v) is 7.11. The first-order chi connectivity index (χ1) is 9.56. The Balaban J connectivity index is 1.94. The van der Waals surface area contributed by atoms with Crippen LogP contribution >= 0.6 is 27.3 Å². The predicted molar refractivity (Wildman–Crippen MR) is 87.0 cm³/mol. The second kappa shape index (κ2) is 6.99. The summed E-state index contributed by atoms with van der Waals surface area (Å²) in [5.74, 6) is 1.46. The van der Waals surface area contributed by atoms with Crippen LogP contribution in [0.5, 0.6) is 0 Å². The van der Waals surface area contributed by atoms with E-state index in [1.54, 1.807) is 11.3 Å². The normalized spacial score (nSPS) is 12.3. The first kappa shape index (κ1) is 15.2. The number of thiophene rings is 1. The van der Waals surface area contributed by atoms with E-state index in [0.717, 1.165) is 19.3 Å². The molecule has 0 fully saturated rings. The van der Waals surface area contributed by atoms with Crippen molar-refractivity contribution in [3.63, 3.8) is 0 Å². The highest BCUT2D eigenvalue weighted by Gasteiger charge is 2.10. The Hall–Kier alpha value is -1.21. The molecule has 0 saturated carbocycles. The van der Waals surface area contributed by atoms with Crippen molar-refractivity contribution in [1.29, 1.82) is 0 Å². The molecule has 0 saturated heterocycles. The number of hydrogen-bond acceptors (Lipinski definition) is 6. The molecule has 20 heavy (non-hydrogen) atoms. The Morgan fingerprint density at radius 1 is 1.35 bits per heavy atom. The number of hydrogen-bond donors (Lipinski definition) is 2. The lowest BCUT2D eigenvalue weighted by Crippen LogP contribution is -2.21. The molecule has 3 N–H and O–H groups in total. The standard InChI is InChI=1S/C13H18BrN5S/c1-3-9(4-5-10-6-7-11(14)20-10)18-13-17-8(2)16-12(15)19-13/h6-7,9H,3-5H2,1-2H3,(H3,15,16,17,18,19). The molecule has 0 amide bonds. The van der Waals surface area contributed by atoms with Crippen LogP contribution in [0.4, 0.5) is 11.9 Å². The van der Waals surface area contributed by atoms with E-state index in [-0.39, 0.29) is 5.95 Å². The molecule has 1 atom stereocenters. The minimum Gasteiger partial charge on any atom is -0.368 e. The molecule has 7 heteroatoms. The average molecular weight is 356 g/mol. The zero-order valence-corrected chi connectivity index (χ0v) is 14.0. The molecule has 1 unspecified atom stereocenters. The van der Waals surface area contributed by atoms with E-state index in [1.807, 2.05) is 6.92 Å². The van der Waals surface area contributed by atoms with Gasteiger partial charge in [-0.25, -0.2) is 0 Å². The SMILES string of the molecule is CCC(CCc1ccc(Br)s1)Nc1nc(C)nc(N)n1. The van der Waals surface area contributed by atoms with Crippen LogP contribution < -0.4 is 11.1 Å². The lowest BCUT2D eigenvalue weighted by molar-refractivity contribution is 0.630. The van der Waals surface area contributed by atoms with Gasteiger partial charge in [0.05, 0.1) is 3.79 Å². The number of nitrogen functional groups attached to an aromatic ring is 1. The van der Waals surface area contributed by atoms with Gasteiger partial charge in [-0.15, -0.1) is 11.3 Å². The molecule has 0 aromatic carbocycles. The van der Waals surface area contributed by atoms with Crippen LogP contribution in [0, 0.1) is 6.92 Å². The molecule has 0 spiro atoms. The molecule has 2 rings (SSSR count). The summed E-state index contributed by atoms with van der Waals surface area (Å²) in [6, 6.07) is 4.58. The molecule has 2 heterocycles. The van der Waals surface area contributed by atoms with Gasteiger partial charge in [0.25, 0.3) is 0 Å². The van der Waals surface area contributed by atoms with Gasteiger partial charge in [0, 0.05) is 10.9 Å². The lowest BCUT2D eigenvalue weighted by Gasteiger charge is -2.16. The highest BCUT2D eigenvalue weighted by Crippen LogP contribution is 2.24. The van der Waals surface area contributed by atoms with Crippen molar-refractivity contribution in [2.45, 2.75) is 39.2 Å². The molecule has 2 aromatic rings. The number of rotatable bonds is 6. The zero-order chi connectivity index (χ0) is 14.5. The Morgan fingerprint density at radius 3 is 2.75 bits per heavy atom. The Labute approximate surface area is 131 Å². The van der Waals surface area contributed by atoms with E-state index in [9.17, 15) is 0 Å². The van der Waals surface area contributed by atoms with E-state index < -0.39 is 0 Å². The summed E-state index contributed by atoms with van der Waals surface area (Å²) in [5.41, 5.74) is 5.64. The van der Waals surface area contributed by atoms with Gasteiger partial charge >= 0.3 is 0 Å². The summed E-state index contributed by atoms with van der Waals surface area (Å²) >= 11 is 5.27. The minimum atomic E-state index is 0.261. The molecular formula is C13H18BrN5S. The fraction of sp³-hybridized carbons (Fsp3) is 0.462. The van der Waals surface area contributed by atoms with Crippen LogP contribution in [0.3, 0.4) is 0 Å². The Bertz CT molecular complexity index is 551. The molecule has 0 bridgehead atoms. The van der Waals surface area contributed by atoms with Gasteiger partial charge in [0.2, 0.25) is 11.9 Å². The molecule has 0 radical (unpaired) electrons. The van der Waals surface area contributed by atoms with E-state index >= 15 is 0 Å². The fourth-order valence-corrected chi connectivity index (χ4v) is 3.43. The van der Waals surface area contributed by atoms with Gasteiger partial charge in [-0.1, -0.05) is 6.92 Å². The number of anilines is 2. The van der Waals surface area contributed by atoms with Gasteiger partial charge in [0.1, 0.15) is 5.82 Å². The number of aromatic nitrogens is 3. The van der Waals surface area contributed by atoms with Crippen LogP contribution in [-0.4, -0.2) is 21.0 Å². The zero-order valence-electron chi connectivity index (χ0n) is 11.6. The quantitative estimate of drug-likeness (QED) is 0.830. The average Bonchev–Trinajstić information content (AvgIpc) is 2.79. The maximum absolute atomic E-state index is 5.64. The van der Waals surface area contributed by atoms with Gasteiger partial charge in [-0.2, -0.15) is 15.0 Å². The topological polar surface area (TPSA) is 76.7 Å². The summed E-state index contributed by atoms with van der Waals surface area (Å²) in [5, 5.41) is 3.34. The summed E-state index contributed by atoms with van der Waals surface area (Å²) in [6.07, 6.45) is 3.09. The van der Waals surface area contributed by atoms with E-state index in [2.05, 4.69) is 55.3 Å². The Kier molecular flexibility index (Phi) is 5.31. The Morgan fingerprint density at radius 2 is 2.15 bits per heavy atom. The predicted octanol–water partition coefficient (Wildman–Crippen LogP) is 3.41. The van der Waals surface area contributed by atoms with Gasteiger partial charge < -0.3 is 11.1 Å². The molecule has 5 nitrogen and oxygen atoms in total. The van der Waals surface area contributed by atoms with Crippen LogP contribution in [0.15, 0.2) is 15.9 Å². The second-order valence-electron chi connectivity index (χ2n) is 4.56. The van der Waals surface area contributed by atoms with Crippen molar-refractivity contribution in [1.82, 2.24) is 15.0 Å². The maximum Gasteiger partial charge on any atom is 0.227 e. The van der Waals surface area contributed by atoms with Crippen molar-refractivity contribution in [2.75, 3.05) is 11.1 Å². The number of nitrogens with one attached hydrogen (secondary N) is 1. The summed E-state index contributed by atoms with van der Waals surface area (Å²) in [6.45, 7) is 3.97. The number of halogens is 1. The summed E-state index contributed by atoms with van der Waals surface area (Å²) < 4.78 is 1.18. The maximum atomic E-state index is 5.64. The number of nitrogens with two attached hydrogens (primary N) is 1. The first-order valence-electron chi connectivity index (χ1n) is 6.55. The summed E-state index contributed by atoms with van der Waals surface area (Å²) in [7, 11) is 0. The van der Waals surface area contributed by atoms with E-state index in [4.69, 9.17) is 5.73 Å². The van der Waals surface area contributed by atoms with Crippen molar-refractivity contribution in [3.8, 4) is 0 Å². The monoisotopic (exact) mass is 355 g/mol. The molecule has 0 aliphatic rings. The first-order valence-corrected chi connectivity index (χ1v) is 8.16. The van der Waals surface area contributed by atoms with Gasteiger partial charge in [-0.3, -0.25) is 0 Å². The molecule has 0 aliphatic heterocycles. The number of aryl methyl sites for hydroxylation is 2. The minimum absolute atomic E-state index is 0.261. The van der Waals surface area contributed by atoms with Crippen LogP contribution in [0.25, 0.3) is 0 Å². The third-order valence-corrected chi connectivity index (χ3v) is 4.64. The largest absolute Gasteiger partial charge is 0.368 e. The van der Waals surface area contributed by atoms with Crippen molar-refractivity contribution >= 4 is 39.2 Å². The van der Waals surface area contributed by atoms with Crippen molar-refractivity contribution < 1.29 is 0 Å². The molecule has 108 valence electrons. The van der Waals surface area contributed by atoms with E-state index in [0.29, 0.717) is 17.8 Å². The highest BCUT2D eigenvalue weighted by molar-refractivity contribution is 9.11. The summed E-state index contributed by atoms with van der Waals surface area (Å²) in [4.78, 5) is 13.7. The van der Waals surface area contributed by atoms with Gasteiger partial charge in [-0.05, 0) is 54.2 Å². The third-order valence-electron chi connectivity index (χ3n) is 2.96. The van der Waals surface area contributed by atoms with Crippen LogP contribution in [0.2, 0.25) is 0 Å². The molecular weight excluding hydrogens is 338 g/mol. The third kappa shape index (κ3) is 4.42. The lowest BCUT2D eigenvalue weighted by atomic mass is 10.1. The van der Waals surface area contributed by atoms with Crippen LogP contribution in [0.1, 0.15) is 30.5 Å². The highest BCUT2D eigenvalue weighted by atomic mass is 79.9. The van der Waals surface area contributed by atoms with Crippen molar-refractivity contribution in [3.05, 3.63) is 26.6 Å².